The fraction of sp³-hybridized carbons (Fsp3) is 0.111. The van der Waals surface area contributed by atoms with Crippen LogP contribution >= 0.6 is 11.3 Å². The Labute approximate surface area is 205 Å². The molecule has 0 aliphatic heterocycles. The Kier molecular flexibility index (Phi) is 6.93. The number of thiophene rings is 1. The first-order valence-electron chi connectivity index (χ1n) is 10.6. The van der Waals surface area contributed by atoms with Crippen LogP contribution in [0.4, 0.5) is 19.5 Å². The maximum atomic E-state index is 13.7. The fourth-order valence-electron chi connectivity index (χ4n) is 3.70. The summed E-state index contributed by atoms with van der Waals surface area (Å²) in [6.45, 7) is 0. The number of hydrogen-bond acceptors (Lipinski definition) is 4. The molecule has 35 heavy (non-hydrogen) atoms. The highest BCUT2D eigenvalue weighted by Gasteiger charge is 2.26. The number of halogens is 2. The zero-order valence-corrected chi connectivity index (χ0v) is 20.1. The van der Waals surface area contributed by atoms with Crippen LogP contribution in [0.15, 0.2) is 72.1 Å². The summed E-state index contributed by atoms with van der Waals surface area (Å²) >= 11 is 1.29. The number of methoxy groups -OCH3 is 1. The molecule has 3 aromatic carbocycles. The van der Waals surface area contributed by atoms with Crippen molar-refractivity contribution in [3.05, 3.63) is 89.3 Å². The number of benzene rings is 3. The third kappa shape index (κ3) is 4.79. The minimum absolute atomic E-state index is 0.289. The third-order valence-electron chi connectivity index (χ3n) is 5.66. The van der Waals surface area contributed by atoms with E-state index in [-0.39, 0.29) is 5.91 Å². The van der Waals surface area contributed by atoms with Crippen molar-refractivity contribution in [1.82, 2.24) is 0 Å². The summed E-state index contributed by atoms with van der Waals surface area (Å²) in [6, 6.07) is 18.1. The predicted octanol–water partition coefficient (Wildman–Crippen LogP) is 6.24. The lowest BCUT2D eigenvalue weighted by Gasteiger charge is -2.21. The highest BCUT2D eigenvalue weighted by atomic mass is 32.1. The molecule has 5 nitrogen and oxygen atoms in total. The van der Waals surface area contributed by atoms with Crippen molar-refractivity contribution in [3.63, 3.8) is 0 Å². The molecule has 0 fully saturated rings. The van der Waals surface area contributed by atoms with E-state index in [0.717, 1.165) is 17.7 Å². The van der Waals surface area contributed by atoms with Crippen LogP contribution in [0, 0.1) is 11.6 Å². The average molecular weight is 493 g/mol. The first kappa shape index (κ1) is 24.1. The number of anilines is 2. The molecule has 1 aromatic heterocycles. The number of carbonyl (C=O) groups excluding carboxylic acids is 2. The molecule has 0 saturated carbocycles. The number of hydrogen-bond donors (Lipinski definition) is 0. The normalized spacial score (nSPS) is 10.7. The van der Waals surface area contributed by atoms with Gasteiger partial charge in [0.1, 0.15) is 10.8 Å². The molecule has 0 spiro atoms. The molecule has 0 bridgehead atoms. The Morgan fingerprint density at radius 2 is 1.60 bits per heavy atom. The van der Waals surface area contributed by atoms with Gasteiger partial charge in [-0.25, -0.2) is 8.78 Å². The van der Waals surface area contributed by atoms with E-state index >= 15 is 0 Å². The average Bonchev–Trinajstić information content (AvgIpc) is 3.34. The zero-order valence-electron chi connectivity index (χ0n) is 19.3. The van der Waals surface area contributed by atoms with Gasteiger partial charge in [0.25, 0.3) is 5.91 Å². The number of ether oxygens (including phenoxy) is 1. The lowest BCUT2D eigenvalue weighted by Crippen LogP contribution is -2.28. The first-order chi connectivity index (χ1) is 16.8. The van der Waals surface area contributed by atoms with E-state index in [1.54, 1.807) is 57.6 Å². The van der Waals surface area contributed by atoms with Crippen molar-refractivity contribution >= 4 is 34.3 Å². The summed E-state index contributed by atoms with van der Waals surface area (Å²) < 4.78 is 32.2. The summed E-state index contributed by atoms with van der Waals surface area (Å²) in [4.78, 5) is 28.1. The van der Waals surface area contributed by atoms with Gasteiger partial charge in [0.2, 0.25) is 6.41 Å². The molecule has 2 amide bonds. The van der Waals surface area contributed by atoms with Gasteiger partial charge in [-0.2, -0.15) is 0 Å². The maximum absolute atomic E-state index is 13.7. The van der Waals surface area contributed by atoms with Crippen molar-refractivity contribution in [2.24, 2.45) is 0 Å². The number of amides is 2. The molecule has 0 unspecified atom stereocenters. The number of nitrogens with zero attached hydrogens (tertiary/aromatic N) is 2. The molecule has 4 aromatic rings. The molecular formula is C27H22F2N2O3S. The van der Waals surface area contributed by atoms with Crippen molar-refractivity contribution < 1.29 is 23.1 Å². The van der Waals surface area contributed by atoms with Gasteiger partial charge in [-0.1, -0.05) is 36.4 Å². The van der Waals surface area contributed by atoms with Crippen LogP contribution in [0.5, 0.6) is 5.75 Å². The molecule has 178 valence electrons. The Morgan fingerprint density at radius 1 is 0.914 bits per heavy atom. The third-order valence-corrected chi connectivity index (χ3v) is 6.73. The topological polar surface area (TPSA) is 49.9 Å². The molecule has 4 rings (SSSR count). The van der Waals surface area contributed by atoms with E-state index < -0.39 is 11.6 Å². The Morgan fingerprint density at radius 3 is 2.26 bits per heavy atom. The van der Waals surface area contributed by atoms with Gasteiger partial charge in [0.15, 0.2) is 11.6 Å². The molecule has 0 aliphatic rings. The Balaban J connectivity index is 1.74. The van der Waals surface area contributed by atoms with Crippen LogP contribution < -0.4 is 14.5 Å². The quantitative estimate of drug-likeness (QED) is 0.287. The van der Waals surface area contributed by atoms with Crippen molar-refractivity contribution in [2.45, 2.75) is 0 Å². The van der Waals surface area contributed by atoms with E-state index in [9.17, 15) is 18.4 Å². The molecule has 0 radical (unpaired) electrons. The second kappa shape index (κ2) is 10.1. The van der Waals surface area contributed by atoms with Crippen LogP contribution in [-0.2, 0) is 4.79 Å². The van der Waals surface area contributed by atoms with Crippen molar-refractivity contribution in [2.75, 3.05) is 31.0 Å². The van der Waals surface area contributed by atoms with Gasteiger partial charge in [-0.3, -0.25) is 9.59 Å². The number of carbonyl (C=O) groups is 2. The predicted molar refractivity (Wildman–Crippen MR) is 135 cm³/mol. The summed E-state index contributed by atoms with van der Waals surface area (Å²) in [5, 5.41) is 2.34. The summed E-state index contributed by atoms with van der Waals surface area (Å²) in [5.74, 6) is -1.49. The molecule has 0 aliphatic carbocycles. The summed E-state index contributed by atoms with van der Waals surface area (Å²) in [7, 11) is 4.81. The van der Waals surface area contributed by atoms with Gasteiger partial charge < -0.3 is 14.5 Å². The van der Waals surface area contributed by atoms with E-state index in [0.29, 0.717) is 45.1 Å². The Bertz CT molecular complexity index is 1390. The van der Waals surface area contributed by atoms with Crippen molar-refractivity contribution in [3.8, 4) is 28.0 Å². The monoisotopic (exact) mass is 492 g/mol. The molecule has 0 atom stereocenters. The van der Waals surface area contributed by atoms with Crippen LogP contribution in [0.3, 0.4) is 0 Å². The SMILES string of the molecule is COc1cccc(N(C)C(=O)c2c(-c3ccc(-c4ccc(F)c(F)c4)cc3)csc2N(C)C=O)c1. The van der Waals surface area contributed by atoms with E-state index in [1.165, 1.54) is 27.2 Å². The second-order valence-corrected chi connectivity index (χ2v) is 8.68. The maximum Gasteiger partial charge on any atom is 0.261 e. The molecule has 0 N–H and O–H groups in total. The van der Waals surface area contributed by atoms with Gasteiger partial charge in [-0.05, 0) is 41.0 Å². The van der Waals surface area contributed by atoms with Gasteiger partial charge in [0.05, 0.1) is 12.7 Å². The molecule has 8 heteroatoms. The fourth-order valence-corrected chi connectivity index (χ4v) is 4.70. The minimum atomic E-state index is -0.917. The largest absolute Gasteiger partial charge is 0.497 e. The van der Waals surface area contributed by atoms with Crippen LogP contribution in [0.1, 0.15) is 10.4 Å². The summed E-state index contributed by atoms with van der Waals surface area (Å²) in [6.07, 6.45) is 0.657. The van der Waals surface area contributed by atoms with Crippen LogP contribution in [-0.4, -0.2) is 33.5 Å². The van der Waals surface area contributed by atoms with Crippen LogP contribution in [0.25, 0.3) is 22.3 Å². The Hall–Kier alpha value is -4.04. The van der Waals surface area contributed by atoms with E-state index in [4.69, 9.17) is 4.74 Å². The zero-order chi connectivity index (χ0) is 25.1. The van der Waals surface area contributed by atoms with E-state index in [1.807, 2.05) is 17.5 Å². The number of rotatable bonds is 7. The van der Waals surface area contributed by atoms with Gasteiger partial charge in [-0.15, -0.1) is 11.3 Å². The molecular weight excluding hydrogens is 470 g/mol. The second-order valence-electron chi connectivity index (χ2n) is 7.82. The smallest absolute Gasteiger partial charge is 0.261 e. The van der Waals surface area contributed by atoms with Gasteiger partial charge >= 0.3 is 0 Å². The summed E-state index contributed by atoms with van der Waals surface area (Å²) in [5.41, 5.74) is 3.68. The lowest BCUT2D eigenvalue weighted by atomic mass is 9.98. The molecule has 1 heterocycles. The van der Waals surface area contributed by atoms with E-state index in [2.05, 4.69) is 0 Å². The highest BCUT2D eigenvalue weighted by molar-refractivity contribution is 7.15. The van der Waals surface area contributed by atoms with Gasteiger partial charge in [0, 0.05) is 36.8 Å². The highest BCUT2D eigenvalue weighted by Crippen LogP contribution is 2.39. The standard InChI is InChI=1S/C27H22F2N2O3S/c1-30(16-32)27-25(26(33)31(2)20-5-4-6-21(14-20)34-3)22(15-35-27)18-9-7-17(8-10-18)19-11-12-23(28)24(29)13-19/h4-16H,1-3H3. The van der Waals surface area contributed by atoms with Crippen molar-refractivity contribution in [1.29, 1.82) is 0 Å². The van der Waals surface area contributed by atoms with Crippen LogP contribution in [0.2, 0.25) is 0 Å². The minimum Gasteiger partial charge on any atom is -0.497 e. The first-order valence-corrected chi connectivity index (χ1v) is 11.5. The molecule has 0 saturated heterocycles. The lowest BCUT2D eigenvalue weighted by molar-refractivity contribution is -0.107.